The first kappa shape index (κ1) is 25.2. The van der Waals surface area contributed by atoms with Crippen LogP contribution in [0.2, 0.25) is 0 Å². The molecule has 0 radical (unpaired) electrons. The number of carbonyl (C=O) groups excluding carboxylic acids is 1. The summed E-state index contributed by atoms with van der Waals surface area (Å²) in [6.07, 6.45) is -0.387. The van der Waals surface area contributed by atoms with Crippen LogP contribution in [-0.4, -0.2) is 89.3 Å². The molecule has 2 aromatic rings. The first-order valence-corrected chi connectivity index (χ1v) is 11.9. The number of rotatable bonds is 8. The van der Waals surface area contributed by atoms with E-state index in [1.165, 1.54) is 4.90 Å². The number of aromatic nitrogens is 1. The fourth-order valence-electron chi connectivity index (χ4n) is 4.96. The summed E-state index contributed by atoms with van der Waals surface area (Å²) in [6.45, 7) is 7.06. The van der Waals surface area contributed by atoms with Crippen LogP contribution >= 0.6 is 0 Å². The Labute approximate surface area is 205 Å². The quantitative estimate of drug-likeness (QED) is 0.513. The standard InChI is InChI=1S/C26H35N3O6/c1-16-7-8-27-24(9-16)28-11-19(12-28)35-23-10-18(5-6-22(23)34-4)20-13-29(25(33)21(32)14-30)15-26(20,3)17(2)31/h5-10,17,19-21,30-32H,11-15H2,1-4H3/t17-,20+,21+,26+/m1/s1. The molecular formula is C26H35N3O6. The molecule has 2 fully saturated rings. The Morgan fingerprint density at radius 3 is 2.57 bits per heavy atom. The summed E-state index contributed by atoms with van der Waals surface area (Å²) < 4.78 is 11.8. The minimum atomic E-state index is -1.47. The van der Waals surface area contributed by atoms with Crippen molar-refractivity contribution in [1.82, 2.24) is 9.88 Å². The minimum absolute atomic E-state index is 0.0223. The second-order valence-electron chi connectivity index (χ2n) is 9.90. The van der Waals surface area contributed by atoms with E-state index in [1.54, 1.807) is 20.2 Å². The number of benzene rings is 1. The van der Waals surface area contributed by atoms with Crippen LogP contribution in [-0.2, 0) is 4.79 Å². The molecular weight excluding hydrogens is 450 g/mol. The zero-order valence-electron chi connectivity index (χ0n) is 20.7. The maximum atomic E-state index is 12.6. The number of nitrogens with zero attached hydrogens (tertiary/aromatic N) is 3. The summed E-state index contributed by atoms with van der Waals surface area (Å²) in [6, 6.07) is 9.72. The molecule has 0 unspecified atom stereocenters. The molecule has 4 rings (SSSR count). The average molecular weight is 486 g/mol. The highest BCUT2D eigenvalue weighted by Gasteiger charge is 2.49. The molecule has 0 aliphatic carbocycles. The van der Waals surface area contributed by atoms with E-state index >= 15 is 0 Å². The predicted molar refractivity (Wildman–Crippen MR) is 131 cm³/mol. The summed E-state index contributed by atoms with van der Waals surface area (Å²) in [5.74, 6) is 1.42. The summed E-state index contributed by atoms with van der Waals surface area (Å²) >= 11 is 0. The highest BCUT2D eigenvalue weighted by molar-refractivity contribution is 5.81. The Balaban J connectivity index is 1.53. The van der Waals surface area contributed by atoms with Crippen molar-refractivity contribution in [2.45, 2.75) is 45.0 Å². The molecule has 1 aromatic carbocycles. The first-order valence-electron chi connectivity index (χ1n) is 11.9. The number of anilines is 1. The van der Waals surface area contributed by atoms with Gasteiger partial charge in [0.2, 0.25) is 0 Å². The van der Waals surface area contributed by atoms with E-state index in [1.807, 2.05) is 38.1 Å². The molecule has 2 saturated heterocycles. The second-order valence-corrected chi connectivity index (χ2v) is 9.90. The number of hydrogen-bond donors (Lipinski definition) is 3. The van der Waals surface area contributed by atoms with Crippen LogP contribution < -0.4 is 14.4 Å². The number of aliphatic hydroxyl groups excluding tert-OH is 3. The number of likely N-dealkylation sites (tertiary alicyclic amines) is 1. The number of ether oxygens (including phenoxy) is 2. The summed E-state index contributed by atoms with van der Waals surface area (Å²) in [5, 5.41) is 29.7. The lowest BCUT2D eigenvalue weighted by Crippen LogP contribution is -2.54. The average Bonchev–Trinajstić information content (AvgIpc) is 3.18. The molecule has 2 aliphatic heterocycles. The Bertz CT molecular complexity index is 1060. The lowest BCUT2D eigenvalue weighted by atomic mass is 9.72. The third-order valence-corrected chi connectivity index (χ3v) is 7.41. The molecule has 9 heteroatoms. The lowest BCUT2D eigenvalue weighted by Gasteiger charge is -2.40. The third kappa shape index (κ3) is 4.94. The van der Waals surface area contributed by atoms with Crippen LogP contribution in [0.15, 0.2) is 36.5 Å². The van der Waals surface area contributed by atoms with E-state index in [0.29, 0.717) is 31.1 Å². The van der Waals surface area contributed by atoms with Crippen LogP contribution in [0.4, 0.5) is 5.82 Å². The molecule has 35 heavy (non-hydrogen) atoms. The number of pyridine rings is 1. The Hall–Kier alpha value is -2.88. The van der Waals surface area contributed by atoms with E-state index in [4.69, 9.17) is 9.47 Å². The van der Waals surface area contributed by atoms with Gasteiger partial charge in [0, 0.05) is 30.6 Å². The highest BCUT2D eigenvalue weighted by Crippen LogP contribution is 2.47. The third-order valence-electron chi connectivity index (χ3n) is 7.41. The van der Waals surface area contributed by atoms with Gasteiger partial charge in [0.25, 0.3) is 5.91 Å². The van der Waals surface area contributed by atoms with Gasteiger partial charge in [0.15, 0.2) is 17.6 Å². The van der Waals surface area contributed by atoms with Gasteiger partial charge >= 0.3 is 0 Å². The van der Waals surface area contributed by atoms with E-state index in [9.17, 15) is 20.1 Å². The molecule has 9 nitrogen and oxygen atoms in total. The van der Waals surface area contributed by atoms with Crippen molar-refractivity contribution < 1.29 is 29.6 Å². The second kappa shape index (κ2) is 10.0. The number of amides is 1. The Morgan fingerprint density at radius 2 is 1.94 bits per heavy atom. The first-order chi connectivity index (χ1) is 16.7. The van der Waals surface area contributed by atoms with Gasteiger partial charge in [0.1, 0.15) is 11.9 Å². The molecule has 2 aliphatic rings. The smallest absolute Gasteiger partial charge is 0.253 e. The molecule has 1 amide bonds. The van der Waals surface area contributed by atoms with Gasteiger partial charge in [-0.3, -0.25) is 4.79 Å². The van der Waals surface area contributed by atoms with E-state index in [2.05, 4.69) is 16.0 Å². The van der Waals surface area contributed by atoms with Crippen LogP contribution in [0, 0.1) is 12.3 Å². The number of aliphatic hydroxyl groups is 3. The largest absolute Gasteiger partial charge is 0.493 e. The van der Waals surface area contributed by atoms with Gasteiger partial charge in [0.05, 0.1) is 32.9 Å². The van der Waals surface area contributed by atoms with E-state index in [-0.39, 0.29) is 18.6 Å². The van der Waals surface area contributed by atoms with Crippen LogP contribution in [0.1, 0.15) is 30.9 Å². The summed E-state index contributed by atoms with van der Waals surface area (Å²) in [4.78, 5) is 20.7. The highest BCUT2D eigenvalue weighted by atomic mass is 16.5. The molecule has 0 spiro atoms. The SMILES string of the molecule is COc1ccc([C@@H]2CN(C(=O)[C@@H](O)CO)C[C@@]2(C)[C@@H](C)O)cc1OC1CN(c2cc(C)ccn2)C1. The summed E-state index contributed by atoms with van der Waals surface area (Å²) in [7, 11) is 1.60. The predicted octanol–water partition coefficient (Wildman–Crippen LogP) is 1.33. The fourth-order valence-corrected chi connectivity index (χ4v) is 4.96. The molecule has 3 heterocycles. The molecule has 190 valence electrons. The van der Waals surface area contributed by atoms with Crippen molar-refractivity contribution in [3.05, 3.63) is 47.7 Å². The normalized spacial score (nSPS) is 24.1. The zero-order valence-corrected chi connectivity index (χ0v) is 20.7. The molecule has 0 bridgehead atoms. The zero-order chi connectivity index (χ0) is 25.3. The van der Waals surface area contributed by atoms with Crippen molar-refractivity contribution in [2.75, 3.05) is 44.8 Å². The molecule has 0 saturated carbocycles. The number of hydrogen-bond acceptors (Lipinski definition) is 8. The minimum Gasteiger partial charge on any atom is -0.493 e. The Kier molecular flexibility index (Phi) is 7.21. The van der Waals surface area contributed by atoms with Crippen molar-refractivity contribution in [3.63, 3.8) is 0 Å². The summed E-state index contributed by atoms with van der Waals surface area (Å²) in [5.41, 5.74) is 1.43. The fraction of sp³-hybridized carbons (Fsp3) is 0.538. The van der Waals surface area contributed by atoms with Crippen LogP contribution in [0.25, 0.3) is 0 Å². The van der Waals surface area contributed by atoms with Crippen LogP contribution in [0.3, 0.4) is 0 Å². The van der Waals surface area contributed by atoms with Crippen molar-refractivity contribution in [1.29, 1.82) is 0 Å². The Morgan fingerprint density at radius 1 is 1.20 bits per heavy atom. The van der Waals surface area contributed by atoms with Crippen molar-refractivity contribution in [3.8, 4) is 11.5 Å². The molecule has 4 atom stereocenters. The maximum absolute atomic E-state index is 12.6. The maximum Gasteiger partial charge on any atom is 0.253 e. The van der Waals surface area contributed by atoms with Gasteiger partial charge < -0.3 is 34.6 Å². The van der Waals surface area contributed by atoms with Crippen molar-refractivity contribution >= 4 is 11.7 Å². The molecule has 1 aromatic heterocycles. The number of aryl methyl sites for hydroxylation is 1. The van der Waals surface area contributed by atoms with Gasteiger partial charge in [-0.15, -0.1) is 0 Å². The van der Waals surface area contributed by atoms with Gasteiger partial charge in [-0.05, 0) is 49.2 Å². The van der Waals surface area contributed by atoms with Crippen LogP contribution in [0.5, 0.6) is 11.5 Å². The molecule has 3 N–H and O–H groups in total. The number of carbonyl (C=O) groups is 1. The van der Waals surface area contributed by atoms with Gasteiger partial charge in [-0.2, -0.15) is 0 Å². The van der Waals surface area contributed by atoms with Gasteiger partial charge in [-0.1, -0.05) is 13.0 Å². The monoisotopic (exact) mass is 485 g/mol. The topological polar surface area (TPSA) is 116 Å². The number of methoxy groups -OCH3 is 1. The van der Waals surface area contributed by atoms with E-state index in [0.717, 1.165) is 16.9 Å². The van der Waals surface area contributed by atoms with E-state index < -0.39 is 30.1 Å². The van der Waals surface area contributed by atoms with Crippen molar-refractivity contribution in [2.24, 2.45) is 5.41 Å². The van der Waals surface area contributed by atoms with Gasteiger partial charge in [-0.25, -0.2) is 4.98 Å². The lowest BCUT2D eigenvalue weighted by molar-refractivity contribution is -0.141.